The minimum Gasteiger partial charge on any atom is -0.342 e. The molecule has 4 rings (SSSR count). The second kappa shape index (κ2) is 7.80. The van der Waals surface area contributed by atoms with Gasteiger partial charge in [-0.25, -0.2) is 8.78 Å². The number of nitrogens with zero attached hydrogens (tertiary/aromatic N) is 2. The van der Waals surface area contributed by atoms with E-state index in [-0.39, 0.29) is 18.4 Å². The van der Waals surface area contributed by atoms with Crippen molar-refractivity contribution in [3.8, 4) is 0 Å². The molecule has 2 saturated heterocycles. The first-order chi connectivity index (χ1) is 13.5. The lowest BCUT2D eigenvalue weighted by Gasteiger charge is -2.39. The summed E-state index contributed by atoms with van der Waals surface area (Å²) in [5.74, 6) is -1.01. The number of halogens is 2. The predicted octanol–water partition coefficient (Wildman–Crippen LogP) is 3.89. The van der Waals surface area contributed by atoms with Crippen LogP contribution < -0.4 is 0 Å². The molecule has 2 amide bonds. The van der Waals surface area contributed by atoms with Crippen LogP contribution in [-0.2, 0) is 16.1 Å². The number of carbonyl (C=O) groups is 2. The van der Waals surface area contributed by atoms with Crippen molar-refractivity contribution in [2.45, 2.75) is 57.9 Å². The van der Waals surface area contributed by atoms with E-state index >= 15 is 0 Å². The topological polar surface area (TPSA) is 40.6 Å². The molecule has 28 heavy (non-hydrogen) atoms. The van der Waals surface area contributed by atoms with Crippen LogP contribution in [0.25, 0.3) is 0 Å². The lowest BCUT2D eigenvalue weighted by atomic mass is 9.78. The molecule has 4 nitrogen and oxygen atoms in total. The average molecular weight is 390 g/mol. The molecule has 6 heteroatoms. The highest BCUT2D eigenvalue weighted by molar-refractivity contribution is 5.86. The van der Waals surface area contributed by atoms with E-state index in [4.69, 9.17) is 0 Å². The first-order valence-corrected chi connectivity index (χ1v) is 10.5. The van der Waals surface area contributed by atoms with Crippen molar-refractivity contribution in [1.82, 2.24) is 9.80 Å². The van der Waals surface area contributed by atoms with Gasteiger partial charge in [-0.15, -0.1) is 0 Å². The smallest absolute Gasteiger partial charge is 0.230 e. The van der Waals surface area contributed by atoms with Gasteiger partial charge in [0.15, 0.2) is 11.6 Å². The molecule has 2 heterocycles. The van der Waals surface area contributed by atoms with Crippen LogP contribution in [0.1, 0.15) is 56.9 Å². The monoisotopic (exact) mass is 390 g/mol. The SMILES string of the molecule is O=C(CC1CCCC1)N1CC[C@@]2(CCCN(Cc3ccc(F)c(F)c3)C2=O)C1. The molecule has 0 radical (unpaired) electrons. The predicted molar refractivity (Wildman–Crippen MR) is 101 cm³/mol. The van der Waals surface area contributed by atoms with Crippen LogP contribution in [-0.4, -0.2) is 41.2 Å². The molecule has 1 atom stereocenters. The Balaban J connectivity index is 1.40. The van der Waals surface area contributed by atoms with E-state index in [1.165, 1.54) is 18.9 Å². The van der Waals surface area contributed by atoms with Gasteiger partial charge in [0.2, 0.25) is 11.8 Å². The van der Waals surface area contributed by atoms with Gasteiger partial charge in [0.1, 0.15) is 0 Å². The van der Waals surface area contributed by atoms with Crippen LogP contribution in [0, 0.1) is 23.0 Å². The summed E-state index contributed by atoms with van der Waals surface area (Å²) in [4.78, 5) is 29.6. The Bertz CT molecular complexity index is 763. The molecule has 2 aliphatic heterocycles. The van der Waals surface area contributed by atoms with E-state index in [1.807, 2.05) is 4.90 Å². The second-order valence-electron chi connectivity index (χ2n) is 8.78. The van der Waals surface area contributed by atoms with Crippen molar-refractivity contribution in [3.05, 3.63) is 35.4 Å². The Morgan fingerprint density at radius 3 is 2.61 bits per heavy atom. The fraction of sp³-hybridized carbons (Fsp3) is 0.636. The first kappa shape index (κ1) is 19.3. The highest BCUT2D eigenvalue weighted by Crippen LogP contribution is 2.41. The molecule has 1 aliphatic carbocycles. The third-order valence-electron chi connectivity index (χ3n) is 6.83. The van der Waals surface area contributed by atoms with Crippen LogP contribution in [0.5, 0.6) is 0 Å². The van der Waals surface area contributed by atoms with Crippen molar-refractivity contribution in [3.63, 3.8) is 0 Å². The molecule has 1 aromatic rings. The van der Waals surface area contributed by atoms with Crippen LogP contribution in [0.3, 0.4) is 0 Å². The lowest BCUT2D eigenvalue weighted by Crippen LogP contribution is -2.50. The molecule has 3 fully saturated rings. The van der Waals surface area contributed by atoms with E-state index in [0.717, 1.165) is 37.8 Å². The summed E-state index contributed by atoms with van der Waals surface area (Å²) in [6.45, 7) is 2.06. The number of rotatable bonds is 4. The van der Waals surface area contributed by atoms with Crippen LogP contribution in [0.4, 0.5) is 8.78 Å². The van der Waals surface area contributed by atoms with E-state index in [1.54, 1.807) is 4.90 Å². The summed E-state index contributed by atoms with van der Waals surface area (Å²) < 4.78 is 26.7. The zero-order chi connectivity index (χ0) is 19.7. The maximum absolute atomic E-state index is 13.5. The van der Waals surface area contributed by atoms with Crippen LogP contribution in [0.2, 0.25) is 0 Å². The van der Waals surface area contributed by atoms with E-state index in [0.29, 0.717) is 44.0 Å². The Morgan fingerprint density at radius 2 is 1.86 bits per heavy atom. The normalized spacial score (nSPS) is 25.9. The standard InChI is InChI=1S/C22H28F2N2O2/c23-18-7-6-17(12-19(18)24)14-25-10-3-8-22(21(25)28)9-11-26(15-22)20(27)13-16-4-1-2-5-16/h6-7,12,16H,1-5,8-11,13-15H2/t22-/m0/s1. The molecular formula is C22H28F2N2O2. The number of amides is 2. The summed E-state index contributed by atoms with van der Waals surface area (Å²) in [7, 11) is 0. The number of hydrogen-bond acceptors (Lipinski definition) is 2. The van der Waals surface area contributed by atoms with Crippen molar-refractivity contribution >= 4 is 11.8 Å². The van der Waals surface area contributed by atoms with Gasteiger partial charge in [0, 0.05) is 32.6 Å². The van der Waals surface area contributed by atoms with E-state index in [2.05, 4.69) is 0 Å². The highest BCUT2D eigenvalue weighted by Gasteiger charge is 2.49. The number of benzene rings is 1. The lowest BCUT2D eigenvalue weighted by molar-refractivity contribution is -0.146. The Hall–Kier alpha value is -1.98. The van der Waals surface area contributed by atoms with Gasteiger partial charge < -0.3 is 9.80 Å². The number of hydrogen-bond donors (Lipinski definition) is 0. The van der Waals surface area contributed by atoms with Gasteiger partial charge in [-0.05, 0) is 55.7 Å². The molecule has 0 unspecified atom stereocenters. The summed E-state index contributed by atoms with van der Waals surface area (Å²) in [6, 6.07) is 3.79. The van der Waals surface area contributed by atoms with Crippen LogP contribution in [0.15, 0.2) is 18.2 Å². The van der Waals surface area contributed by atoms with Gasteiger partial charge >= 0.3 is 0 Å². The molecule has 1 aromatic carbocycles. The molecule has 1 spiro atoms. The quantitative estimate of drug-likeness (QED) is 0.783. The largest absolute Gasteiger partial charge is 0.342 e. The second-order valence-corrected chi connectivity index (χ2v) is 8.78. The minimum atomic E-state index is -0.888. The van der Waals surface area contributed by atoms with Gasteiger partial charge in [-0.3, -0.25) is 9.59 Å². The van der Waals surface area contributed by atoms with Gasteiger partial charge in [-0.1, -0.05) is 18.9 Å². The Morgan fingerprint density at radius 1 is 1.07 bits per heavy atom. The molecule has 152 valence electrons. The Labute approximate surface area is 164 Å². The zero-order valence-electron chi connectivity index (χ0n) is 16.3. The minimum absolute atomic E-state index is 0.0552. The fourth-order valence-corrected chi connectivity index (χ4v) is 5.22. The molecule has 1 saturated carbocycles. The van der Waals surface area contributed by atoms with Gasteiger partial charge in [-0.2, -0.15) is 0 Å². The van der Waals surface area contributed by atoms with E-state index in [9.17, 15) is 18.4 Å². The first-order valence-electron chi connectivity index (χ1n) is 10.5. The van der Waals surface area contributed by atoms with Crippen molar-refractivity contribution in [1.29, 1.82) is 0 Å². The van der Waals surface area contributed by atoms with E-state index < -0.39 is 17.0 Å². The molecule has 0 bridgehead atoms. The maximum atomic E-state index is 13.5. The molecule has 3 aliphatic rings. The zero-order valence-corrected chi connectivity index (χ0v) is 16.3. The summed E-state index contributed by atoms with van der Waals surface area (Å²) >= 11 is 0. The van der Waals surface area contributed by atoms with Crippen molar-refractivity contribution in [2.24, 2.45) is 11.3 Å². The highest BCUT2D eigenvalue weighted by atomic mass is 19.2. The number of piperidine rings is 1. The molecule has 0 aromatic heterocycles. The Kier molecular flexibility index (Phi) is 5.39. The fourth-order valence-electron chi connectivity index (χ4n) is 5.22. The average Bonchev–Trinajstić information content (AvgIpc) is 3.33. The molecular weight excluding hydrogens is 362 g/mol. The number of likely N-dealkylation sites (tertiary alicyclic amines) is 2. The van der Waals surface area contributed by atoms with Crippen molar-refractivity contribution in [2.75, 3.05) is 19.6 Å². The summed E-state index contributed by atoms with van der Waals surface area (Å²) in [5.41, 5.74) is 0.0961. The molecule has 0 N–H and O–H groups in total. The third-order valence-corrected chi connectivity index (χ3v) is 6.83. The maximum Gasteiger partial charge on any atom is 0.230 e. The number of carbonyl (C=O) groups excluding carboxylic acids is 2. The summed E-state index contributed by atoms with van der Waals surface area (Å²) in [5, 5.41) is 0. The van der Waals surface area contributed by atoms with Gasteiger partial charge in [0.05, 0.1) is 5.41 Å². The van der Waals surface area contributed by atoms with Crippen molar-refractivity contribution < 1.29 is 18.4 Å². The van der Waals surface area contributed by atoms with Crippen LogP contribution >= 0.6 is 0 Å². The van der Waals surface area contributed by atoms with Gasteiger partial charge in [0.25, 0.3) is 0 Å². The summed E-state index contributed by atoms with van der Waals surface area (Å²) in [6.07, 6.45) is 7.72. The third kappa shape index (κ3) is 3.78.